The molecule has 2 amide bonds. The van der Waals surface area contributed by atoms with Gasteiger partial charge in [-0.15, -0.1) is 9.79 Å². The maximum Gasteiger partial charge on any atom is 0.382 e. The summed E-state index contributed by atoms with van der Waals surface area (Å²) in [5.74, 6) is -1.13. The Labute approximate surface area is 178 Å². The largest absolute Gasteiger partial charge is 0.405 e. The van der Waals surface area contributed by atoms with Gasteiger partial charge in [0.1, 0.15) is 12.4 Å². The van der Waals surface area contributed by atoms with Crippen LogP contribution in [0.25, 0.3) is 0 Å². The predicted molar refractivity (Wildman–Crippen MR) is 109 cm³/mol. The number of rotatable bonds is 11. The summed E-state index contributed by atoms with van der Waals surface area (Å²) in [5, 5.41) is 3.61. The molecule has 3 rings (SSSR count). The van der Waals surface area contributed by atoms with Crippen LogP contribution in [0.1, 0.15) is 44.1 Å². The van der Waals surface area contributed by atoms with Crippen LogP contribution in [0.15, 0.2) is 47.4 Å². The Morgan fingerprint density at radius 3 is 2.45 bits per heavy atom. The number of hydrogen-bond acceptors (Lipinski definition) is 8. The highest BCUT2D eigenvalue weighted by molar-refractivity contribution is 6.01. The molecule has 0 aliphatic carbocycles. The number of amides is 2. The van der Waals surface area contributed by atoms with Gasteiger partial charge in [-0.1, -0.05) is 36.8 Å². The van der Waals surface area contributed by atoms with Crippen LogP contribution in [-0.4, -0.2) is 39.1 Å². The molecular weight excluding hydrogens is 404 g/mol. The molecule has 0 bridgehead atoms. The molecule has 2 aromatic rings. The molecule has 0 saturated carbocycles. The number of nitrogens with zero attached hydrogens (tertiary/aromatic N) is 3. The highest BCUT2D eigenvalue weighted by Crippen LogP contribution is 2.13. The van der Waals surface area contributed by atoms with Gasteiger partial charge >= 0.3 is 11.7 Å². The van der Waals surface area contributed by atoms with Gasteiger partial charge in [-0.25, -0.2) is 9.59 Å². The van der Waals surface area contributed by atoms with E-state index < -0.39 is 23.5 Å². The minimum atomic E-state index is -0.600. The van der Waals surface area contributed by atoms with Crippen molar-refractivity contribution in [2.45, 2.75) is 45.1 Å². The molecule has 1 aromatic carbocycles. The first-order valence-corrected chi connectivity index (χ1v) is 10.1. The van der Waals surface area contributed by atoms with E-state index in [9.17, 15) is 19.2 Å². The van der Waals surface area contributed by atoms with Gasteiger partial charge < -0.3 is 15.0 Å². The molecule has 31 heavy (non-hydrogen) atoms. The standard InChI is InChI=1S/C21H24N4O6/c26-18-10-11-19(27)25(18)31-20(28)9-5-2-6-13-22-17-12-14-24(21(29)23-17)30-15-16-7-3-1-4-8-16/h1,3-4,7-8,12,14H,2,5-6,9-11,13,15H2,(H,22,23,29). The number of imide groups is 1. The monoisotopic (exact) mass is 428 g/mol. The van der Waals surface area contributed by atoms with E-state index in [0.29, 0.717) is 23.8 Å². The summed E-state index contributed by atoms with van der Waals surface area (Å²) in [7, 11) is 0. The van der Waals surface area contributed by atoms with Gasteiger partial charge in [0.15, 0.2) is 0 Å². The second-order valence-corrected chi connectivity index (χ2v) is 6.96. The Kier molecular flexibility index (Phi) is 7.74. The van der Waals surface area contributed by atoms with Crippen LogP contribution in [0, 0.1) is 0 Å². The maximum absolute atomic E-state index is 12.0. The maximum atomic E-state index is 12.0. The van der Waals surface area contributed by atoms with E-state index in [0.717, 1.165) is 23.1 Å². The molecule has 10 heteroatoms. The molecule has 10 nitrogen and oxygen atoms in total. The summed E-state index contributed by atoms with van der Waals surface area (Å²) in [6.07, 6.45) is 3.80. The van der Waals surface area contributed by atoms with E-state index in [1.807, 2.05) is 30.3 Å². The molecule has 0 unspecified atom stereocenters. The second-order valence-electron chi connectivity index (χ2n) is 6.96. The average Bonchev–Trinajstić information content (AvgIpc) is 3.08. The van der Waals surface area contributed by atoms with Crippen LogP contribution < -0.4 is 15.8 Å². The predicted octanol–water partition coefficient (Wildman–Crippen LogP) is 1.45. The van der Waals surface area contributed by atoms with E-state index >= 15 is 0 Å². The van der Waals surface area contributed by atoms with E-state index in [1.165, 1.54) is 6.20 Å². The number of aromatic nitrogens is 2. The lowest BCUT2D eigenvalue weighted by Gasteiger charge is -2.12. The number of nitrogens with one attached hydrogen (secondary N) is 1. The lowest BCUT2D eigenvalue weighted by atomic mass is 10.2. The Morgan fingerprint density at radius 1 is 1.00 bits per heavy atom. The fraction of sp³-hybridized carbons (Fsp3) is 0.381. The van der Waals surface area contributed by atoms with Crippen molar-refractivity contribution in [1.29, 1.82) is 0 Å². The number of carbonyl (C=O) groups excluding carboxylic acids is 3. The summed E-state index contributed by atoms with van der Waals surface area (Å²) in [5.41, 5.74) is 0.425. The highest BCUT2D eigenvalue weighted by atomic mass is 16.7. The number of hydroxylamine groups is 2. The third kappa shape index (κ3) is 6.66. The normalized spacial score (nSPS) is 13.4. The Morgan fingerprint density at radius 2 is 1.74 bits per heavy atom. The highest BCUT2D eigenvalue weighted by Gasteiger charge is 2.32. The fourth-order valence-electron chi connectivity index (χ4n) is 2.90. The first-order chi connectivity index (χ1) is 15.0. The van der Waals surface area contributed by atoms with E-state index in [4.69, 9.17) is 9.68 Å². The molecule has 2 heterocycles. The number of hydrogen-bond donors (Lipinski definition) is 1. The van der Waals surface area contributed by atoms with Crippen molar-refractivity contribution >= 4 is 23.6 Å². The summed E-state index contributed by atoms with van der Waals surface area (Å²) < 4.78 is 1.08. The van der Waals surface area contributed by atoms with Gasteiger partial charge in [0.25, 0.3) is 11.8 Å². The van der Waals surface area contributed by atoms with Crippen LogP contribution in [0.5, 0.6) is 0 Å². The molecule has 0 radical (unpaired) electrons. The van der Waals surface area contributed by atoms with Crippen molar-refractivity contribution < 1.29 is 24.1 Å². The topological polar surface area (TPSA) is 120 Å². The van der Waals surface area contributed by atoms with Crippen molar-refractivity contribution in [3.05, 3.63) is 58.6 Å². The SMILES string of the molecule is O=C(CCCCCNc1ccn(OCc2ccccc2)c(=O)n1)ON1C(=O)CCC1=O. The minimum absolute atomic E-state index is 0.0789. The number of carbonyl (C=O) groups is 3. The van der Waals surface area contributed by atoms with Gasteiger partial charge in [0.05, 0.1) is 6.20 Å². The van der Waals surface area contributed by atoms with Crippen molar-refractivity contribution in [3.8, 4) is 0 Å². The number of unbranched alkanes of at least 4 members (excludes halogenated alkanes) is 2. The van der Waals surface area contributed by atoms with Gasteiger partial charge in [-0.3, -0.25) is 9.59 Å². The van der Waals surface area contributed by atoms with Gasteiger partial charge in [0, 0.05) is 31.9 Å². The van der Waals surface area contributed by atoms with Crippen LogP contribution >= 0.6 is 0 Å². The first kappa shape index (κ1) is 22.0. The summed E-state index contributed by atoms with van der Waals surface area (Å²) in [6, 6.07) is 11.1. The third-order valence-corrected chi connectivity index (χ3v) is 4.55. The molecule has 0 atom stereocenters. The van der Waals surface area contributed by atoms with Gasteiger partial charge in [0.2, 0.25) is 0 Å². The van der Waals surface area contributed by atoms with Crippen molar-refractivity contribution in [3.63, 3.8) is 0 Å². The lowest BCUT2D eigenvalue weighted by molar-refractivity contribution is -0.197. The molecule has 0 spiro atoms. The third-order valence-electron chi connectivity index (χ3n) is 4.55. The zero-order chi connectivity index (χ0) is 22.1. The Bertz CT molecular complexity index is 959. The first-order valence-electron chi connectivity index (χ1n) is 10.1. The van der Waals surface area contributed by atoms with E-state index in [1.54, 1.807) is 6.07 Å². The lowest BCUT2D eigenvalue weighted by Crippen LogP contribution is -2.31. The van der Waals surface area contributed by atoms with E-state index in [-0.39, 0.29) is 25.9 Å². The Hall–Kier alpha value is -3.69. The molecule has 1 fully saturated rings. The number of benzene rings is 1. The summed E-state index contributed by atoms with van der Waals surface area (Å²) in [4.78, 5) is 60.7. The Balaban J connectivity index is 1.31. The van der Waals surface area contributed by atoms with Crippen molar-refractivity contribution in [2.24, 2.45) is 0 Å². The van der Waals surface area contributed by atoms with Crippen LogP contribution in [0.2, 0.25) is 0 Å². The minimum Gasteiger partial charge on any atom is -0.405 e. The van der Waals surface area contributed by atoms with E-state index in [2.05, 4.69) is 10.3 Å². The zero-order valence-electron chi connectivity index (χ0n) is 17.0. The fourth-order valence-corrected chi connectivity index (χ4v) is 2.90. The molecule has 1 aliphatic rings. The molecule has 1 saturated heterocycles. The summed E-state index contributed by atoms with van der Waals surface area (Å²) in [6.45, 7) is 0.831. The average molecular weight is 428 g/mol. The van der Waals surface area contributed by atoms with Crippen LogP contribution in [0.4, 0.5) is 5.82 Å². The van der Waals surface area contributed by atoms with Crippen LogP contribution in [0.3, 0.4) is 0 Å². The molecule has 1 aromatic heterocycles. The van der Waals surface area contributed by atoms with Gasteiger partial charge in [-0.2, -0.15) is 4.98 Å². The second kappa shape index (κ2) is 10.9. The molecular formula is C21H24N4O6. The molecule has 1 aliphatic heterocycles. The quantitative estimate of drug-likeness (QED) is 0.422. The zero-order valence-corrected chi connectivity index (χ0v) is 17.0. The summed E-state index contributed by atoms with van der Waals surface area (Å²) >= 11 is 0. The van der Waals surface area contributed by atoms with Crippen LogP contribution in [-0.2, 0) is 25.8 Å². The smallest absolute Gasteiger partial charge is 0.382 e. The molecule has 164 valence electrons. The molecule has 1 N–H and O–H groups in total. The van der Waals surface area contributed by atoms with Crippen molar-refractivity contribution in [1.82, 2.24) is 14.8 Å². The number of anilines is 1. The van der Waals surface area contributed by atoms with Gasteiger partial charge in [-0.05, 0) is 18.4 Å². The van der Waals surface area contributed by atoms with Crippen molar-refractivity contribution in [2.75, 3.05) is 11.9 Å².